The van der Waals surface area contributed by atoms with Gasteiger partial charge in [0.2, 0.25) is 5.28 Å². The summed E-state index contributed by atoms with van der Waals surface area (Å²) in [5.74, 6) is 0. The molecule has 0 saturated carbocycles. The molecular formula is C10H8ClN3O2. The fourth-order valence-corrected chi connectivity index (χ4v) is 1.74. The summed E-state index contributed by atoms with van der Waals surface area (Å²) >= 11 is 5.89. The molecule has 0 radical (unpaired) electrons. The molecule has 0 spiro atoms. The van der Waals surface area contributed by atoms with Crippen molar-refractivity contribution >= 4 is 17.3 Å². The lowest BCUT2D eigenvalue weighted by atomic mass is 10.3. The maximum atomic E-state index is 10.6. The van der Waals surface area contributed by atoms with Gasteiger partial charge in [-0.2, -0.15) is 0 Å². The van der Waals surface area contributed by atoms with Gasteiger partial charge >= 0.3 is 0 Å². The Hall–Kier alpha value is -1.88. The van der Waals surface area contributed by atoms with Crippen LogP contribution in [-0.2, 0) is 0 Å². The first-order valence-electron chi connectivity index (χ1n) is 4.54. The second kappa shape index (κ2) is 3.94. The Morgan fingerprint density at radius 3 is 2.81 bits per heavy atom. The normalized spacial score (nSPS) is 10.4. The highest BCUT2D eigenvalue weighted by Crippen LogP contribution is 2.21. The van der Waals surface area contributed by atoms with E-state index in [9.17, 15) is 10.1 Å². The van der Waals surface area contributed by atoms with Crippen molar-refractivity contribution in [1.82, 2.24) is 9.55 Å². The van der Waals surface area contributed by atoms with Crippen molar-refractivity contribution < 1.29 is 4.92 Å². The Bertz CT molecular complexity index is 531. The van der Waals surface area contributed by atoms with Crippen molar-refractivity contribution in [2.24, 2.45) is 0 Å². The summed E-state index contributed by atoms with van der Waals surface area (Å²) in [4.78, 5) is 14.1. The van der Waals surface area contributed by atoms with Crippen molar-refractivity contribution in [3.8, 4) is 5.69 Å². The molecule has 5 nitrogen and oxygen atoms in total. The van der Waals surface area contributed by atoms with Crippen molar-refractivity contribution in [2.45, 2.75) is 6.92 Å². The van der Waals surface area contributed by atoms with E-state index in [0.717, 1.165) is 5.69 Å². The highest BCUT2D eigenvalue weighted by atomic mass is 35.5. The second-order valence-corrected chi connectivity index (χ2v) is 3.62. The molecule has 0 saturated heterocycles. The number of nitro benzene ring substituents is 1. The molecule has 2 rings (SSSR count). The van der Waals surface area contributed by atoms with E-state index >= 15 is 0 Å². The summed E-state index contributed by atoms with van der Waals surface area (Å²) in [5, 5.41) is 10.9. The average molecular weight is 238 g/mol. The van der Waals surface area contributed by atoms with Crippen molar-refractivity contribution in [2.75, 3.05) is 0 Å². The molecule has 2 aromatic rings. The summed E-state index contributed by atoms with van der Waals surface area (Å²) in [5.41, 5.74) is 1.49. The third kappa shape index (κ3) is 1.77. The molecule has 0 aliphatic heterocycles. The van der Waals surface area contributed by atoms with Gasteiger partial charge in [-0.15, -0.1) is 0 Å². The zero-order valence-corrected chi connectivity index (χ0v) is 9.18. The molecule has 16 heavy (non-hydrogen) atoms. The van der Waals surface area contributed by atoms with Crippen LogP contribution >= 0.6 is 11.6 Å². The van der Waals surface area contributed by atoms with Gasteiger partial charge in [-0.25, -0.2) is 4.98 Å². The fourth-order valence-electron chi connectivity index (χ4n) is 1.46. The quantitative estimate of drug-likeness (QED) is 0.596. The number of aromatic nitrogens is 2. The second-order valence-electron chi connectivity index (χ2n) is 3.28. The van der Waals surface area contributed by atoms with E-state index in [4.69, 9.17) is 11.6 Å². The minimum Gasteiger partial charge on any atom is -0.288 e. The molecule has 0 amide bonds. The van der Waals surface area contributed by atoms with Gasteiger partial charge in [0.05, 0.1) is 10.6 Å². The minimum absolute atomic E-state index is 0.0293. The van der Waals surface area contributed by atoms with Crippen molar-refractivity contribution in [1.29, 1.82) is 0 Å². The molecule has 0 aliphatic rings. The Kier molecular flexibility index (Phi) is 2.62. The van der Waals surface area contributed by atoms with Crippen LogP contribution in [0, 0.1) is 17.0 Å². The van der Waals surface area contributed by atoms with Gasteiger partial charge in [-0.3, -0.25) is 14.7 Å². The van der Waals surface area contributed by atoms with Crippen LogP contribution in [0.25, 0.3) is 5.69 Å². The van der Waals surface area contributed by atoms with E-state index in [1.54, 1.807) is 22.9 Å². The summed E-state index contributed by atoms with van der Waals surface area (Å²) < 4.78 is 1.65. The van der Waals surface area contributed by atoms with Gasteiger partial charge in [0, 0.05) is 24.0 Å². The maximum Gasteiger partial charge on any atom is 0.271 e. The Balaban J connectivity index is 2.57. The first kappa shape index (κ1) is 10.6. The van der Waals surface area contributed by atoms with Crippen LogP contribution in [0.2, 0.25) is 5.28 Å². The summed E-state index contributed by atoms with van der Waals surface area (Å²) in [6.07, 6.45) is 1.61. The smallest absolute Gasteiger partial charge is 0.271 e. The van der Waals surface area contributed by atoms with Crippen LogP contribution in [0.4, 0.5) is 5.69 Å². The predicted molar refractivity (Wildman–Crippen MR) is 60.0 cm³/mol. The van der Waals surface area contributed by atoms with Gasteiger partial charge in [0.15, 0.2) is 0 Å². The standard InChI is InChI=1S/C10H8ClN3O2/c1-7-6-12-10(11)13(7)8-3-2-4-9(5-8)14(15)16/h2-6H,1H3. The van der Waals surface area contributed by atoms with E-state index < -0.39 is 4.92 Å². The van der Waals surface area contributed by atoms with Crippen molar-refractivity contribution in [3.05, 3.63) is 51.6 Å². The Morgan fingerprint density at radius 2 is 2.25 bits per heavy atom. The first-order chi connectivity index (χ1) is 7.59. The van der Waals surface area contributed by atoms with Gasteiger partial charge in [-0.05, 0) is 24.6 Å². The zero-order chi connectivity index (χ0) is 11.7. The fraction of sp³-hybridized carbons (Fsp3) is 0.100. The predicted octanol–water partition coefficient (Wildman–Crippen LogP) is 2.74. The molecule has 0 fully saturated rings. The number of imidazole rings is 1. The lowest BCUT2D eigenvalue weighted by Crippen LogP contribution is -1.97. The van der Waals surface area contributed by atoms with Crippen LogP contribution in [0.15, 0.2) is 30.5 Å². The molecule has 1 aromatic carbocycles. The molecule has 0 atom stereocenters. The molecular weight excluding hydrogens is 230 g/mol. The number of hydrogen-bond acceptors (Lipinski definition) is 3. The lowest BCUT2D eigenvalue weighted by molar-refractivity contribution is -0.384. The zero-order valence-electron chi connectivity index (χ0n) is 8.42. The average Bonchev–Trinajstić information content (AvgIpc) is 2.59. The van der Waals surface area contributed by atoms with Gasteiger partial charge in [0.25, 0.3) is 5.69 Å². The first-order valence-corrected chi connectivity index (χ1v) is 4.92. The molecule has 0 aliphatic carbocycles. The Labute approximate surface area is 96.4 Å². The molecule has 1 aromatic heterocycles. The summed E-state index contributed by atoms with van der Waals surface area (Å²) in [6.45, 7) is 1.83. The monoisotopic (exact) mass is 237 g/mol. The van der Waals surface area contributed by atoms with Crippen molar-refractivity contribution in [3.63, 3.8) is 0 Å². The summed E-state index contributed by atoms with van der Waals surface area (Å²) in [7, 11) is 0. The molecule has 0 bridgehead atoms. The van der Waals surface area contributed by atoms with Gasteiger partial charge in [0.1, 0.15) is 0 Å². The number of hydrogen-bond donors (Lipinski definition) is 0. The van der Waals surface area contributed by atoms with E-state index in [2.05, 4.69) is 4.98 Å². The number of aryl methyl sites for hydroxylation is 1. The highest BCUT2D eigenvalue weighted by Gasteiger charge is 2.10. The lowest BCUT2D eigenvalue weighted by Gasteiger charge is -2.05. The summed E-state index contributed by atoms with van der Waals surface area (Å²) in [6, 6.07) is 6.25. The molecule has 0 N–H and O–H groups in total. The number of benzene rings is 1. The molecule has 1 heterocycles. The topological polar surface area (TPSA) is 61.0 Å². The van der Waals surface area contributed by atoms with E-state index in [1.807, 2.05) is 6.92 Å². The number of nitrogens with zero attached hydrogens (tertiary/aromatic N) is 3. The van der Waals surface area contributed by atoms with Gasteiger partial charge in [-0.1, -0.05) is 6.07 Å². The van der Waals surface area contributed by atoms with E-state index in [0.29, 0.717) is 5.69 Å². The van der Waals surface area contributed by atoms with Crippen LogP contribution in [0.5, 0.6) is 0 Å². The third-order valence-electron chi connectivity index (χ3n) is 2.19. The van der Waals surface area contributed by atoms with E-state index in [-0.39, 0.29) is 11.0 Å². The maximum absolute atomic E-state index is 10.6. The third-order valence-corrected chi connectivity index (χ3v) is 2.46. The number of nitro groups is 1. The van der Waals surface area contributed by atoms with Crippen LogP contribution in [0.1, 0.15) is 5.69 Å². The van der Waals surface area contributed by atoms with E-state index in [1.165, 1.54) is 12.1 Å². The number of non-ortho nitro benzene ring substituents is 1. The number of rotatable bonds is 2. The minimum atomic E-state index is -0.441. The largest absolute Gasteiger partial charge is 0.288 e. The SMILES string of the molecule is Cc1cnc(Cl)n1-c1cccc([N+](=O)[O-])c1. The molecule has 0 unspecified atom stereocenters. The van der Waals surface area contributed by atoms with Crippen LogP contribution in [0.3, 0.4) is 0 Å². The Morgan fingerprint density at radius 1 is 1.50 bits per heavy atom. The molecule has 6 heteroatoms. The number of halogens is 1. The van der Waals surface area contributed by atoms with Crippen LogP contribution < -0.4 is 0 Å². The molecule has 82 valence electrons. The van der Waals surface area contributed by atoms with Crippen LogP contribution in [-0.4, -0.2) is 14.5 Å². The highest BCUT2D eigenvalue weighted by molar-refractivity contribution is 6.28. The van der Waals surface area contributed by atoms with Gasteiger partial charge < -0.3 is 0 Å².